The standard InChI is InChI=1S/C56H94O6/c1-4-7-10-13-16-19-21-23-25-27-29-30-32-34-37-40-43-46-49-55(58)61-52-53(51-60-54(57)48-45-42-39-36-18-15-12-9-6-3)62-56(59)50-47-44-41-38-35-33-31-28-26-24-22-20-17-14-11-8-5-2/h9,12,17-18,20-21,23-27,29-30,36,53H,4-8,10-11,13-16,19,22,28,31-35,37-52H2,1-3H3/b12-9-,20-17-,23-21-,26-24-,27-25-,30-29-,36-18-. The van der Waals surface area contributed by atoms with E-state index in [1.165, 1.54) is 83.5 Å². The molecular weight excluding hydrogens is 769 g/mol. The van der Waals surface area contributed by atoms with Crippen LogP contribution in [0.4, 0.5) is 0 Å². The van der Waals surface area contributed by atoms with Crippen LogP contribution in [0.2, 0.25) is 0 Å². The Morgan fingerprint density at radius 2 is 0.694 bits per heavy atom. The van der Waals surface area contributed by atoms with Gasteiger partial charge in [0, 0.05) is 19.3 Å². The highest BCUT2D eigenvalue weighted by atomic mass is 16.6. The number of ether oxygens (including phenoxy) is 3. The lowest BCUT2D eigenvalue weighted by Crippen LogP contribution is -2.30. The van der Waals surface area contributed by atoms with Crippen LogP contribution >= 0.6 is 0 Å². The number of carbonyl (C=O) groups excluding carboxylic acids is 3. The van der Waals surface area contributed by atoms with Gasteiger partial charge in [0.25, 0.3) is 0 Å². The van der Waals surface area contributed by atoms with Gasteiger partial charge in [-0.3, -0.25) is 14.4 Å². The van der Waals surface area contributed by atoms with Crippen molar-refractivity contribution in [1.29, 1.82) is 0 Å². The fraction of sp³-hybridized carbons (Fsp3) is 0.696. The van der Waals surface area contributed by atoms with Crippen molar-refractivity contribution in [2.75, 3.05) is 13.2 Å². The molecule has 0 fully saturated rings. The number of allylic oxidation sites excluding steroid dienone is 14. The van der Waals surface area contributed by atoms with Gasteiger partial charge in [-0.1, -0.05) is 196 Å². The fourth-order valence-corrected chi connectivity index (χ4v) is 6.80. The molecule has 0 aromatic heterocycles. The maximum Gasteiger partial charge on any atom is 0.306 e. The molecule has 6 nitrogen and oxygen atoms in total. The van der Waals surface area contributed by atoms with Gasteiger partial charge in [-0.2, -0.15) is 0 Å². The summed E-state index contributed by atoms with van der Waals surface area (Å²) in [6, 6.07) is 0. The minimum Gasteiger partial charge on any atom is -0.462 e. The summed E-state index contributed by atoms with van der Waals surface area (Å²) in [4.78, 5) is 37.9. The Bertz CT molecular complexity index is 1220. The van der Waals surface area contributed by atoms with E-state index in [0.29, 0.717) is 19.3 Å². The summed E-state index contributed by atoms with van der Waals surface area (Å²) < 4.78 is 16.7. The smallest absolute Gasteiger partial charge is 0.306 e. The first kappa shape index (κ1) is 58.6. The van der Waals surface area contributed by atoms with Crippen LogP contribution in [0.5, 0.6) is 0 Å². The molecule has 0 heterocycles. The summed E-state index contributed by atoms with van der Waals surface area (Å²) in [7, 11) is 0. The summed E-state index contributed by atoms with van der Waals surface area (Å²) in [5, 5.41) is 0. The largest absolute Gasteiger partial charge is 0.462 e. The maximum absolute atomic E-state index is 12.8. The second-order valence-corrected chi connectivity index (χ2v) is 16.7. The molecule has 0 spiro atoms. The number of rotatable bonds is 45. The third-order valence-electron chi connectivity index (χ3n) is 10.7. The van der Waals surface area contributed by atoms with Crippen LogP contribution in [0.15, 0.2) is 85.1 Å². The molecular formula is C56H94O6. The predicted molar refractivity (Wildman–Crippen MR) is 265 cm³/mol. The summed E-state index contributed by atoms with van der Waals surface area (Å²) in [5.74, 6) is -0.967. The normalized spacial score (nSPS) is 12.8. The van der Waals surface area contributed by atoms with Crippen molar-refractivity contribution in [3.05, 3.63) is 85.1 Å². The Morgan fingerprint density at radius 1 is 0.355 bits per heavy atom. The van der Waals surface area contributed by atoms with Gasteiger partial charge in [0.05, 0.1) is 0 Å². The third-order valence-corrected chi connectivity index (χ3v) is 10.7. The number of hydrogen-bond acceptors (Lipinski definition) is 6. The van der Waals surface area contributed by atoms with E-state index in [9.17, 15) is 14.4 Å². The number of carbonyl (C=O) groups is 3. The van der Waals surface area contributed by atoms with Crippen molar-refractivity contribution in [3.63, 3.8) is 0 Å². The summed E-state index contributed by atoms with van der Waals surface area (Å²) in [6.45, 7) is 6.41. The van der Waals surface area contributed by atoms with E-state index < -0.39 is 6.10 Å². The Balaban J connectivity index is 4.41. The second kappa shape index (κ2) is 50.2. The zero-order valence-electron chi connectivity index (χ0n) is 40.4. The van der Waals surface area contributed by atoms with Crippen molar-refractivity contribution in [3.8, 4) is 0 Å². The van der Waals surface area contributed by atoms with Gasteiger partial charge in [-0.05, 0) is 103 Å². The van der Waals surface area contributed by atoms with Gasteiger partial charge in [0.1, 0.15) is 13.2 Å². The molecule has 1 unspecified atom stereocenters. The van der Waals surface area contributed by atoms with Gasteiger partial charge < -0.3 is 14.2 Å². The highest BCUT2D eigenvalue weighted by Gasteiger charge is 2.19. The first-order valence-electron chi connectivity index (χ1n) is 25.6. The summed E-state index contributed by atoms with van der Waals surface area (Å²) in [6.07, 6.45) is 64.3. The lowest BCUT2D eigenvalue weighted by atomic mass is 10.1. The lowest BCUT2D eigenvalue weighted by Gasteiger charge is -2.18. The summed E-state index contributed by atoms with van der Waals surface area (Å²) in [5.41, 5.74) is 0. The first-order chi connectivity index (χ1) is 30.5. The highest BCUT2D eigenvalue weighted by molar-refractivity contribution is 5.71. The quantitative estimate of drug-likeness (QED) is 0.0199. The van der Waals surface area contributed by atoms with Gasteiger partial charge in [-0.25, -0.2) is 0 Å². The molecule has 0 aliphatic rings. The number of hydrogen-bond donors (Lipinski definition) is 0. The molecule has 354 valence electrons. The van der Waals surface area contributed by atoms with Crippen molar-refractivity contribution >= 4 is 17.9 Å². The Labute approximate surface area is 382 Å². The first-order valence-corrected chi connectivity index (χ1v) is 25.6. The molecule has 0 rings (SSSR count). The van der Waals surface area contributed by atoms with Crippen LogP contribution in [0.3, 0.4) is 0 Å². The van der Waals surface area contributed by atoms with Crippen molar-refractivity contribution in [2.45, 2.75) is 239 Å². The molecule has 6 heteroatoms. The summed E-state index contributed by atoms with van der Waals surface area (Å²) >= 11 is 0. The van der Waals surface area contributed by atoms with Crippen molar-refractivity contribution < 1.29 is 28.6 Å². The van der Waals surface area contributed by atoms with Gasteiger partial charge >= 0.3 is 17.9 Å². The number of unbranched alkanes of at least 4 members (excludes halogenated alkanes) is 22. The van der Waals surface area contributed by atoms with E-state index in [1.807, 2.05) is 0 Å². The Kier molecular flexibility index (Phi) is 47.5. The van der Waals surface area contributed by atoms with Crippen molar-refractivity contribution in [2.24, 2.45) is 0 Å². The Hall–Kier alpha value is -3.41. The molecule has 0 aromatic rings. The molecule has 0 N–H and O–H groups in total. The average Bonchev–Trinajstić information content (AvgIpc) is 3.27. The molecule has 0 aliphatic heterocycles. The van der Waals surface area contributed by atoms with E-state index >= 15 is 0 Å². The molecule has 0 amide bonds. The van der Waals surface area contributed by atoms with Gasteiger partial charge in [0.15, 0.2) is 6.10 Å². The maximum atomic E-state index is 12.8. The van der Waals surface area contributed by atoms with Crippen LogP contribution in [0.25, 0.3) is 0 Å². The van der Waals surface area contributed by atoms with E-state index in [4.69, 9.17) is 14.2 Å². The monoisotopic (exact) mass is 863 g/mol. The van der Waals surface area contributed by atoms with Gasteiger partial charge in [-0.15, -0.1) is 0 Å². The molecule has 0 saturated carbocycles. The lowest BCUT2D eigenvalue weighted by molar-refractivity contribution is -0.167. The molecule has 62 heavy (non-hydrogen) atoms. The van der Waals surface area contributed by atoms with Gasteiger partial charge in [0.2, 0.25) is 0 Å². The minimum absolute atomic E-state index is 0.102. The molecule has 0 saturated heterocycles. The molecule has 1 atom stereocenters. The van der Waals surface area contributed by atoms with Crippen LogP contribution in [-0.4, -0.2) is 37.2 Å². The average molecular weight is 863 g/mol. The van der Waals surface area contributed by atoms with Crippen LogP contribution < -0.4 is 0 Å². The molecule has 0 radical (unpaired) electrons. The van der Waals surface area contributed by atoms with Crippen molar-refractivity contribution in [1.82, 2.24) is 0 Å². The van der Waals surface area contributed by atoms with Crippen LogP contribution in [0.1, 0.15) is 233 Å². The topological polar surface area (TPSA) is 78.9 Å². The molecule has 0 aliphatic carbocycles. The zero-order chi connectivity index (χ0) is 45.1. The molecule has 0 aromatic carbocycles. The van der Waals surface area contributed by atoms with E-state index in [1.54, 1.807) is 0 Å². The van der Waals surface area contributed by atoms with Crippen LogP contribution in [0, 0.1) is 0 Å². The Morgan fingerprint density at radius 3 is 1.16 bits per heavy atom. The third kappa shape index (κ3) is 47.6. The fourth-order valence-electron chi connectivity index (χ4n) is 6.80. The minimum atomic E-state index is -0.801. The molecule has 0 bridgehead atoms. The van der Waals surface area contributed by atoms with E-state index in [2.05, 4.69) is 106 Å². The van der Waals surface area contributed by atoms with Crippen LogP contribution in [-0.2, 0) is 28.6 Å². The second-order valence-electron chi connectivity index (χ2n) is 16.7. The predicted octanol–water partition coefficient (Wildman–Crippen LogP) is 16.8. The zero-order valence-corrected chi connectivity index (χ0v) is 40.4. The SMILES string of the molecule is CC/C=C\C/C=C\CCCCC(=O)OCC(COC(=O)CCCCCCC\C=C/C=C\C=C/CCCCCCC)OC(=O)CCCCCCCCC/C=C\C/C=C\CCCCC. The number of esters is 3. The van der Waals surface area contributed by atoms with E-state index in [0.717, 1.165) is 109 Å². The van der Waals surface area contributed by atoms with E-state index in [-0.39, 0.29) is 31.1 Å². The highest BCUT2D eigenvalue weighted by Crippen LogP contribution is 2.13.